The summed E-state index contributed by atoms with van der Waals surface area (Å²) in [6, 6.07) is 20.7. The molecule has 2 aromatic carbocycles. The highest BCUT2D eigenvalue weighted by atomic mass is 32.2. The van der Waals surface area contributed by atoms with E-state index < -0.39 is 27.9 Å². The van der Waals surface area contributed by atoms with Gasteiger partial charge in [-0.05, 0) is 23.3 Å². The van der Waals surface area contributed by atoms with Crippen LogP contribution in [0.4, 0.5) is 0 Å². The molecule has 0 aliphatic heterocycles. The summed E-state index contributed by atoms with van der Waals surface area (Å²) in [4.78, 5) is 28.2. The van der Waals surface area contributed by atoms with Crippen molar-refractivity contribution in [1.29, 1.82) is 0 Å². The number of furan rings is 1. The number of carbonyl (C=O) groups is 2. The van der Waals surface area contributed by atoms with Gasteiger partial charge in [0.2, 0.25) is 21.8 Å². The average molecular weight is 470 g/mol. The quantitative estimate of drug-likeness (QED) is 0.492. The highest BCUT2D eigenvalue weighted by Crippen LogP contribution is 2.24. The van der Waals surface area contributed by atoms with Crippen LogP contribution in [0.2, 0.25) is 0 Å². The number of likely N-dealkylation sites (N-methyl/N-ethyl adjacent to an activating group) is 1. The van der Waals surface area contributed by atoms with Crippen LogP contribution in [0.15, 0.2) is 83.5 Å². The maximum Gasteiger partial charge on any atom is 0.247 e. The Morgan fingerprint density at radius 1 is 0.970 bits per heavy atom. The first-order valence-electron chi connectivity index (χ1n) is 10.4. The number of hydrogen-bond acceptors (Lipinski definition) is 5. The van der Waals surface area contributed by atoms with E-state index in [0.717, 1.165) is 16.1 Å². The van der Waals surface area contributed by atoms with Crippen molar-refractivity contribution >= 4 is 21.8 Å². The van der Waals surface area contributed by atoms with E-state index in [-0.39, 0.29) is 19.6 Å². The Balaban J connectivity index is 1.96. The number of benzene rings is 2. The van der Waals surface area contributed by atoms with Gasteiger partial charge < -0.3 is 14.6 Å². The minimum atomic E-state index is -3.58. The number of nitrogens with zero attached hydrogens (tertiary/aromatic N) is 2. The van der Waals surface area contributed by atoms with Crippen LogP contribution >= 0.6 is 0 Å². The monoisotopic (exact) mass is 469 g/mol. The lowest BCUT2D eigenvalue weighted by atomic mass is 10.0. The van der Waals surface area contributed by atoms with Crippen LogP contribution in [-0.4, -0.2) is 49.3 Å². The fourth-order valence-electron chi connectivity index (χ4n) is 3.29. The SMILES string of the molecule is CN(CC(=O)N(Cc1ccccc1)C(C(=O)NCc1ccco1)c1ccccc1)S(C)(=O)=O. The number of nitrogens with one attached hydrogen (secondary N) is 1. The van der Waals surface area contributed by atoms with Crippen LogP contribution in [0.25, 0.3) is 0 Å². The minimum Gasteiger partial charge on any atom is -0.467 e. The molecular weight excluding hydrogens is 442 g/mol. The van der Waals surface area contributed by atoms with Crippen molar-refractivity contribution in [2.45, 2.75) is 19.1 Å². The van der Waals surface area contributed by atoms with E-state index in [0.29, 0.717) is 11.3 Å². The summed E-state index contributed by atoms with van der Waals surface area (Å²) in [6.45, 7) is -0.1000. The largest absolute Gasteiger partial charge is 0.467 e. The zero-order valence-corrected chi connectivity index (χ0v) is 19.4. The van der Waals surface area contributed by atoms with E-state index in [1.165, 1.54) is 18.2 Å². The van der Waals surface area contributed by atoms with Crippen LogP contribution in [0, 0.1) is 0 Å². The summed E-state index contributed by atoms with van der Waals surface area (Å²) < 4.78 is 30.1. The van der Waals surface area contributed by atoms with Crippen molar-refractivity contribution in [3.05, 3.63) is 95.9 Å². The molecule has 33 heavy (non-hydrogen) atoms. The predicted molar refractivity (Wildman–Crippen MR) is 124 cm³/mol. The summed E-state index contributed by atoms with van der Waals surface area (Å²) >= 11 is 0. The van der Waals surface area contributed by atoms with Gasteiger partial charge in [-0.1, -0.05) is 60.7 Å². The van der Waals surface area contributed by atoms with E-state index in [2.05, 4.69) is 5.32 Å². The second-order valence-corrected chi connectivity index (χ2v) is 9.73. The highest BCUT2D eigenvalue weighted by Gasteiger charge is 2.32. The van der Waals surface area contributed by atoms with E-state index in [1.54, 1.807) is 36.4 Å². The standard InChI is InChI=1S/C24H27N3O5S/c1-26(33(2,30)31)18-22(28)27(17-19-10-5-3-6-11-19)23(20-12-7-4-8-13-20)24(29)25-16-21-14-9-15-32-21/h3-15,23H,16-18H2,1-2H3,(H,25,29). The molecule has 1 aromatic heterocycles. The first-order valence-corrected chi connectivity index (χ1v) is 12.2. The molecule has 0 fully saturated rings. The van der Waals surface area contributed by atoms with Crippen molar-refractivity contribution in [3.8, 4) is 0 Å². The first-order chi connectivity index (χ1) is 15.8. The highest BCUT2D eigenvalue weighted by molar-refractivity contribution is 7.88. The predicted octanol–water partition coefficient (Wildman–Crippen LogP) is 2.56. The molecule has 0 spiro atoms. The Morgan fingerprint density at radius 2 is 1.61 bits per heavy atom. The molecule has 1 heterocycles. The number of sulfonamides is 1. The second-order valence-electron chi connectivity index (χ2n) is 7.64. The van der Waals surface area contributed by atoms with Gasteiger partial charge in [0, 0.05) is 13.6 Å². The van der Waals surface area contributed by atoms with Crippen molar-refractivity contribution in [1.82, 2.24) is 14.5 Å². The van der Waals surface area contributed by atoms with Gasteiger partial charge >= 0.3 is 0 Å². The smallest absolute Gasteiger partial charge is 0.247 e. The van der Waals surface area contributed by atoms with Gasteiger partial charge in [0.05, 0.1) is 25.6 Å². The van der Waals surface area contributed by atoms with Gasteiger partial charge in [-0.15, -0.1) is 0 Å². The molecule has 1 N–H and O–H groups in total. The molecule has 1 unspecified atom stereocenters. The summed E-state index contributed by atoms with van der Waals surface area (Å²) in [5, 5.41) is 2.83. The average Bonchev–Trinajstić information content (AvgIpc) is 3.32. The minimum absolute atomic E-state index is 0.130. The van der Waals surface area contributed by atoms with Gasteiger partial charge in [-0.3, -0.25) is 9.59 Å². The third-order valence-electron chi connectivity index (χ3n) is 5.13. The normalized spacial score (nSPS) is 12.3. The van der Waals surface area contributed by atoms with Crippen molar-refractivity contribution < 1.29 is 22.4 Å². The molecule has 2 amide bonds. The van der Waals surface area contributed by atoms with E-state index in [9.17, 15) is 18.0 Å². The fraction of sp³-hybridized carbons (Fsp3) is 0.250. The van der Waals surface area contributed by atoms with Crippen molar-refractivity contribution in [2.24, 2.45) is 0 Å². The Morgan fingerprint density at radius 3 is 2.18 bits per heavy atom. The number of carbonyl (C=O) groups excluding carboxylic acids is 2. The van der Waals surface area contributed by atoms with E-state index in [4.69, 9.17) is 4.42 Å². The summed E-state index contributed by atoms with van der Waals surface area (Å²) in [5.74, 6) is -0.314. The molecule has 0 saturated carbocycles. The molecule has 0 saturated heterocycles. The summed E-state index contributed by atoms with van der Waals surface area (Å²) in [7, 11) is -2.25. The van der Waals surface area contributed by atoms with Crippen molar-refractivity contribution in [3.63, 3.8) is 0 Å². The molecule has 3 rings (SSSR count). The number of amides is 2. The Hall–Kier alpha value is -3.43. The fourth-order valence-corrected chi connectivity index (χ4v) is 3.64. The Kier molecular flexibility index (Phi) is 8.02. The van der Waals surface area contributed by atoms with Crippen LogP contribution < -0.4 is 5.32 Å². The lowest BCUT2D eigenvalue weighted by Crippen LogP contribution is -2.47. The molecule has 0 aliphatic carbocycles. The Bertz CT molecular complexity index is 1150. The molecule has 8 nitrogen and oxygen atoms in total. The molecule has 9 heteroatoms. The summed E-state index contributed by atoms with van der Waals surface area (Å²) in [5.41, 5.74) is 1.42. The van der Waals surface area contributed by atoms with E-state index >= 15 is 0 Å². The first kappa shape index (κ1) is 24.2. The van der Waals surface area contributed by atoms with Gasteiger partial charge in [-0.2, -0.15) is 4.31 Å². The van der Waals surface area contributed by atoms with Gasteiger partial charge in [0.15, 0.2) is 0 Å². The maximum atomic E-state index is 13.4. The zero-order chi connectivity index (χ0) is 23.8. The van der Waals surface area contributed by atoms with Gasteiger partial charge in [-0.25, -0.2) is 8.42 Å². The molecule has 0 bridgehead atoms. The topological polar surface area (TPSA) is 99.9 Å². The van der Waals surface area contributed by atoms with Gasteiger partial charge in [0.1, 0.15) is 11.8 Å². The maximum absolute atomic E-state index is 13.4. The summed E-state index contributed by atoms with van der Waals surface area (Å²) in [6.07, 6.45) is 2.55. The van der Waals surface area contributed by atoms with E-state index in [1.807, 2.05) is 36.4 Å². The second kappa shape index (κ2) is 10.9. The lowest BCUT2D eigenvalue weighted by molar-refractivity contribution is -0.141. The van der Waals surface area contributed by atoms with Crippen LogP contribution in [0.5, 0.6) is 0 Å². The molecule has 0 aliphatic rings. The third-order valence-corrected chi connectivity index (χ3v) is 6.39. The van der Waals surface area contributed by atoms with Crippen LogP contribution in [-0.2, 0) is 32.7 Å². The van der Waals surface area contributed by atoms with Crippen LogP contribution in [0.1, 0.15) is 22.9 Å². The number of rotatable bonds is 10. The molecule has 0 radical (unpaired) electrons. The molecular formula is C24H27N3O5S. The van der Waals surface area contributed by atoms with Crippen molar-refractivity contribution in [2.75, 3.05) is 19.8 Å². The zero-order valence-electron chi connectivity index (χ0n) is 18.5. The molecule has 3 aromatic rings. The lowest BCUT2D eigenvalue weighted by Gasteiger charge is -2.32. The van der Waals surface area contributed by atoms with Gasteiger partial charge in [0.25, 0.3) is 0 Å². The number of hydrogen-bond donors (Lipinski definition) is 1. The molecule has 1 atom stereocenters. The Labute approximate surface area is 193 Å². The van der Waals surface area contributed by atoms with Crippen LogP contribution in [0.3, 0.4) is 0 Å². The third kappa shape index (κ3) is 6.77. The molecule has 174 valence electrons.